The predicted molar refractivity (Wildman–Crippen MR) is 77.7 cm³/mol. The molecule has 2 rings (SSSR count). The number of aromatic carboxylic acids is 1. The van der Waals surface area contributed by atoms with Gasteiger partial charge in [-0.3, -0.25) is 0 Å². The first-order chi connectivity index (χ1) is 9.02. The van der Waals surface area contributed by atoms with Crippen LogP contribution >= 0.6 is 11.3 Å². The molecule has 1 N–H and O–H groups in total. The summed E-state index contributed by atoms with van der Waals surface area (Å²) in [6.45, 7) is 3.83. The van der Waals surface area contributed by atoms with E-state index in [1.807, 2.05) is 24.1 Å². The van der Waals surface area contributed by atoms with Gasteiger partial charge in [0.2, 0.25) is 0 Å². The fraction of sp³-hybridized carbons (Fsp3) is 0.286. The maximum atomic E-state index is 11.0. The van der Waals surface area contributed by atoms with Crippen LogP contribution in [0, 0.1) is 6.92 Å². The molecule has 0 bridgehead atoms. The standard InChI is InChI=1S/C14H16N2O2S/c1-4-10-5-7-11(8-6-10)16(3)14-15-9(2)12(19-14)13(17)18/h5-8H,4H2,1-3H3,(H,17,18). The molecule has 5 heteroatoms. The monoisotopic (exact) mass is 276 g/mol. The van der Waals surface area contributed by atoms with E-state index >= 15 is 0 Å². The van der Waals surface area contributed by atoms with Gasteiger partial charge >= 0.3 is 5.97 Å². The van der Waals surface area contributed by atoms with E-state index in [0.29, 0.717) is 15.7 Å². The van der Waals surface area contributed by atoms with Gasteiger partial charge in [0.1, 0.15) is 4.88 Å². The molecule has 19 heavy (non-hydrogen) atoms. The molecule has 0 spiro atoms. The number of benzene rings is 1. The highest BCUT2D eigenvalue weighted by atomic mass is 32.1. The average molecular weight is 276 g/mol. The Labute approximate surface area is 116 Å². The minimum Gasteiger partial charge on any atom is -0.477 e. The molecule has 0 atom stereocenters. The molecule has 100 valence electrons. The van der Waals surface area contributed by atoms with E-state index in [9.17, 15) is 4.79 Å². The van der Waals surface area contributed by atoms with Crippen LogP contribution in [0.15, 0.2) is 24.3 Å². The van der Waals surface area contributed by atoms with Gasteiger partial charge in [-0.25, -0.2) is 9.78 Å². The number of nitrogens with zero attached hydrogens (tertiary/aromatic N) is 2. The first-order valence-electron chi connectivity index (χ1n) is 6.06. The lowest BCUT2D eigenvalue weighted by atomic mass is 10.1. The lowest BCUT2D eigenvalue weighted by Gasteiger charge is -2.16. The minimum atomic E-state index is -0.920. The summed E-state index contributed by atoms with van der Waals surface area (Å²) in [5.41, 5.74) is 2.84. The summed E-state index contributed by atoms with van der Waals surface area (Å²) in [6, 6.07) is 8.20. The number of carboxylic acids is 1. The van der Waals surface area contributed by atoms with Gasteiger partial charge in [0.25, 0.3) is 0 Å². The van der Waals surface area contributed by atoms with E-state index in [0.717, 1.165) is 12.1 Å². The second kappa shape index (κ2) is 5.40. The highest BCUT2D eigenvalue weighted by Crippen LogP contribution is 2.30. The molecule has 1 heterocycles. The van der Waals surface area contributed by atoms with Gasteiger partial charge in [-0.1, -0.05) is 30.4 Å². The van der Waals surface area contributed by atoms with E-state index in [1.165, 1.54) is 16.9 Å². The van der Waals surface area contributed by atoms with Gasteiger partial charge in [-0.05, 0) is 31.0 Å². The van der Waals surface area contributed by atoms with Gasteiger partial charge in [0.15, 0.2) is 5.13 Å². The molecule has 0 fully saturated rings. The van der Waals surface area contributed by atoms with Crippen LogP contribution in [-0.2, 0) is 6.42 Å². The Hall–Kier alpha value is -1.88. The minimum absolute atomic E-state index is 0.298. The highest BCUT2D eigenvalue weighted by Gasteiger charge is 2.16. The summed E-state index contributed by atoms with van der Waals surface area (Å²) < 4.78 is 0. The third kappa shape index (κ3) is 2.76. The number of hydrogen-bond acceptors (Lipinski definition) is 4. The number of aryl methyl sites for hydroxylation is 2. The highest BCUT2D eigenvalue weighted by molar-refractivity contribution is 7.17. The van der Waals surface area contributed by atoms with Gasteiger partial charge in [-0.2, -0.15) is 0 Å². The largest absolute Gasteiger partial charge is 0.477 e. The third-order valence-electron chi connectivity index (χ3n) is 3.00. The summed E-state index contributed by atoms with van der Waals surface area (Å²) >= 11 is 1.20. The zero-order valence-electron chi connectivity index (χ0n) is 11.2. The van der Waals surface area contributed by atoms with Crippen molar-refractivity contribution in [1.82, 2.24) is 4.98 Å². The lowest BCUT2D eigenvalue weighted by molar-refractivity contribution is 0.0701. The molecular formula is C14H16N2O2S. The summed E-state index contributed by atoms with van der Waals surface area (Å²) in [5, 5.41) is 9.75. The summed E-state index contributed by atoms with van der Waals surface area (Å²) in [5.74, 6) is -0.920. The molecule has 0 saturated heterocycles. The fourth-order valence-electron chi connectivity index (χ4n) is 1.79. The summed E-state index contributed by atoms with van der Waals surface area (Å²) in [4.78, 5) is 17.5. The van der Waals surface area contributed by atoms with Gasteiger partial charge < -0.3 is 10.0 Å². The quantitative estimate of drug-likeness (QED) is 0.929. The Bertz CT molecular complexity index is 590. The number of carbonyl (C=O) groups is 1. The number of aromatic nitrogens is 1. The Morgan fingerprint density at radius 1 is 1.37 bits per heavy atom. The molecule has 0 saturated carbocycles. The SMILES string of the molecule is CCc1ccc(N(C)c2nc(C)c(C(=O)O)s2)cc1. The molecule has 1 aromatic heterocycles. The Kier molecular flexibility index (Phi) is 3.85. The van der Waals surface area contributed by atoms with Crippen LogP contribution < -0.4 is 4.90 Å². The molecule has 0 aliphatic rings. The van der Waals surface area contributed by atoms with Crippen LogP contribution in [-0.4, -0.2) is 23.1 Å². The van der Waals surface area contributed by atoms with Crippen LogP contribution in [0.25, 0.3) is 0 Å². The van der Waals surface area contributed by atoms with E-state index < -0.39 is 5.97 Å². The fourth-order valence-corrected chi connectivity index (χ4v) is 2.68. The van der Waals surface area contributed by atoms with Crippen LogP contribution in [0.2, 0.25) is 0 Å². The number of rotatable bonds is 4. The topological polar surface area (TPSA) is 53.4 Å². The summed E-state index contributed by atoms with van der Waals surface area (Å²) in [7, 11) is 1.89. The zero-order valence-corrected chi connectivity index (χ0v) is 12.0. The van der Waals surface area contributed by atoms with Crippen molar-refractivity contribution in [3.05, 3.63) is 40.4 Å². The number of carboxylic acid groups (broad SMARTS) is 1. The molecule has 2 aromatic rings. The summed E-state index contributed by atoms with van der Waals surface area (Å²) in [6.07, 6.45) is 1.00. The Morgan fingerprint density at radius 3 is 2.47 bits per heavy atom. The second-order valence-corrected chi connectivity index (χ2v) is 5.27. The molecule has 0 aliphatic carbocycles. The normalized spacial score (nSPS) is 10.5. The van der Waals surface area contributed by atoms with Crippen molar-refractivity contribution < 1.29 is 9.90 Å². The smallest absolute Gasteiger partial charge is 0.347 e. The number of thiazole rings is 1. The molecule has 0 amide bonds. The number of anilines is 2. The molecule has 0 radical (unpaired) electrons. The van der Waals surface area contributed by atoms with Crippen LogP contribution in [0.4, 0.5) is 10.8 Å². The Morgan fingerprint density at radius 2 is 2.00 bits per heavy atom. The lowest BCUT2D eigenvalue weighted by Crippen LogP contribution is -2.08. The molecule has 0 unspecified atom stereocenters. The van der Waals surface area contributed by atoms with Crippen LogP contribution in [0.3, 0.4) is 0 Å². The number of hydrogen-bond donors (Lipinski definition) is 1. The maximum absolute atomic E-state index is 11.0. The van der Waals surface area contributed by atoms with Crippen molar-refractivity contribution in [3.8, 4) is 0 Å². The second-order valence-electron chi connectivity index (χ2n) is 4.30. The van der Waals surface area contributed by atoms with Crippen molar-refractivity contribution >= 4 is 28.1 Å². The maximum Gasteiger partial charge on any atom is 0.347 e. The van der Waals surface area contributed by atoms with Crippen molar-refractivity contribution in [2.45, 2.75) is 20.3 Å². The molecular weight excluding hydrogens is 260 g/mol. The van der Waals surface area contributed by atoms with Crippen molar-refractivity contribution in [2.24, 2.45) is 0 Å². The van der Waals surface area contributed by atoms with Crippen molar-refractivity contribution in [3.63, 3.8) is 0 Å². The van der Waals surface area contributed by atoms with Crippen LogP contribution in [0.1, 0.15) is 27.9 Å². The first kappa shape index (κ1) is 13.5. The van der Waals surface area contributed by atoms with Gasteiger partial charge in [0.05, 0.1) is 5.69 Å². The van der Waals surface area contributed by atoms with Crippen molar-refractivity contribution in [1.29, 1.82) is 0 Å². The van der Waals surface area contributed by atoms with Crippen LogP contribution in [0.5, 0.6) is 0 Å². The first-order valence-corrected chi connectivity index (χ1v) is 6.88. The van der Waals surface area contributed by atoms with Gasteiger partial charge in [-0.15, -0.1) is 0 Å². The van der Waals surface area contributed by atoms with Crippen molar-refractivity contribution in [2.75, 3.05) is 11.9 Å². The molecule has 4 nitrogen and oxygen atoms in total. The zero-order chi connectivity index (χ0) is 14.0. The van der Waals surface area contributed by atoms with E-state index in [1.54, 1.807) is 6.92 Å². The molecule has 1 aromatic carbocycles. The third-order valence-corrected chi connectivity index (χ3v) is 4.22. The Balaban J connectivity index is 2.30. The average Bonchev–Trinajstić information content (AvgIpc) is 2.80. The van der Waals surface area contributed by atoms with Gasteiger partial charge in [0, 0.05) is 12.7 Å². The van der Waals surface area contributed by atoms with E-state index in [2.05, 4.69) is 24.0 Å². The predicted octanol–water partition coefficient (Wildman–Crippen LogP) is 3.48. The molecule has 0 aliphatic heterocycles. The van der Waals surface area contributed by atoms with E-state index in [4.69, 9.17) is 5.11 Å². The van der Waals surface area contributed by atoms with E-state index in [-0.39, 0.29) is 0 Å².